The van der Waals surface area contributed by atoms with Gasteiger partial charge in [-0.1, -0.05) is 0 Å². The number of hydrogen-bond donors (Lipinski definition) is 1. The quantitative estimate of drug-likeness (QED) is 0.755. The van der Waals surface area contributed by atoms with Gasteiger partial charge in [-0.2, -0.15) is 0 Å². The lowest BCUT2D eigenvalue weighted by Gasteiger charge is -2.38. The van der Waals surface area contributed by atoms with E-state index >= 15 is 0 Å². The summed E-state index contributed by atoms with van der Waals surface area (Å²) in [6, 6.07) is 0. The van der Waals surface area contributed by atoms with Crippen LogP contribution in [0.25, 0.3) is 0 Å². The summed E-state index contributed by atoms with van der Waals surface area (Å²) < 4.78 is 11.0. The molecule has 0 fully saturated rings. The molecule has 0 aromatic carbocycles. The fourth-order valence-corrected chi connectivity index (χ4v) is 1.06. The molecular formula is C11H20O3. The van der Waals surface area contributed by atoms with Crippen LogP contribution < -0.4 is 0 Å². The second kappa shape index (κ2) is 3.91. The highest BCUT2D eigenvalue weighted by atomic mass is 16.5. The predicted octanol–water partition coefficient (Wildman–Crippen LogP) is 1.86. The Hall–Kier alpha value is -0.540. The molecule has 3 nitrogen and oxygen atoms in total. The highest BCUT2D eigenvalue weighted by molar-refractivity contribution is 5.01. The minimum Gasteiger partial charge on any atom is -0.489 e. The van der Waals surface area contributed by atoms with Crippen molar-refractivity contribution in [3.63, 3.8) is 0 Å². The molecule has 0 saturated carbocycles. The van der Waals surface area contributed by atoms with Gasteiger partial charge in [-0.05, 0) is 33.8 Å². The molecule has 0 aliphatic carbocycles. The van der Waals surface area contributed by atoms with Crippen LogP contribution in [0.4, 0.5) is 0 Å². The van der Waals surface area contributed by atoms with Crippen molar-refractivity contribution in [3.05, 3.63) is 11.8 Å². The number of rotatable bonds is 3. The second-order valence-electron chi connectivity index (χ2n) is 4.67. The summed E-state index contributed by atoms with van der Waals surface area (Å²) in [6.45, 7) is 8.61. The third-order valence-corrected chi connectivity index (χ3v) is 2.78. The van der Waals surface area contributed by atoms with Crippen LogP contribution in [0, 0.1) is 0 Å². The minimum atomic E-state index is -0.855. The predicted molar refractivity (Wildman–Crippen MR) is 55.0 cm³/mol. The van der Waals surface area contributed by atoms with Crippen LogP contribution in [-0.2, 0) is 9.47 Å². The van der Waals surface area contributed by atoms with E-state index in [-0.39, 0.29) is 0 Å². The van der Waals surface area contributed by atoms with Crippen molar-refractivity contribution in [1.82, 2.24) is 0 Å². The van der Waals surface area contributed by atoms with Crippen LogP contribution in [0.2, 0.25) is 0 Å². The first-order valence-electron chi connectivity index (χ1n) is 5.01. The van der Waals surface area contributed by atoms with Crippen molar-refractivity contribution in [2.75, 3.05) is 13.2 Å². The van der Waals surface area contributed by atoms with Crippen LogP contribution in [0.5, 0.6) is 0 Å². The molecule has 1 aliphatic rings. The topological polar surface area (TPSA) is 38.7 Å². The molecule has 1 N–H and O–H groups in total. The Balaban J connectivity index is 2.62. The molecule has 0 atom stereocenters. The number of hydrogen-bond acceptors (Lipinski definition) is 3. The molecule has 0 spiro atoms. The molecule has 0 aromatic rings. The fraction of sp³-hybridized carbons (Fsp3) is 0.818. The zero-order chi connectivity index (χ0) is 10.8. The molecule has 1 rings (SSSR count). The molecule has 1 heterocycles. The first-order valence-corrected chi connectivity index (χ1v) is 5.01. The summed E-state index contributed by atoms with van der Waals surface area (Å²) in [4.78, 5) is 0. The van der Waals surface area contributed by atoms with Gasteiger partial charge in [-0.3, -0.25) is 0 Å². The van der Waals surface area contributed by atoms with Crippen molar-refractivity contribution in [2.45, 2.75) is 45.3 Å². The van der Waals surface area contributed by atoms with Gasteiger partial charge < -0.3 is 14.6 Å². The highest BCUT2D eigenvalue weighted by Gasteiger charge is 2.37. The highest BCUT2D eigenvalue weighted by Crippen LogP contribution is 2.29. The lowest BCUT2D eigenvalue weighted by atomic mass is 9.89. The molecular weight excluding hydrogens is 180 g/mol. The van der Waals surface area contributed by atoms with Crippen molar-refractivity contribution in [1.29, 1.82) is 0 Å². The van der Waals surface area contributed by atoms with E-state index in [0.29, 0.717) is 13.2 Å². The van der Waals surface area contributed by atoms with E-state index in [2.05, 4.69) is 0 Å². The molecule has 3 heteroatoms. The smallest absolute Gasteiger partial charge is 0.131 e. The van der Waals surface area contributed by atoms with Gasteiger partial charge >= 0.3 is 0 Å². The van der Waals surface area contributed by atoms with E-state index in [1.54, 1.807) is 13.8 Å². The van der Waals surface area contributed by atoms with Gasteiger partial charge in [0.2, 0.25) is 0 Å². The van der Waals surface area contributed by atoms with Gasteiger partial charge in [-0.15, -0.1) is 0 Å². The summed E-state index contributed by atoms with van der Waals surface area (Å²) in [7, 11) is 0. The molecule has 0 saturated heterocycles. The Labute approximate surface area is 85.7 Å². The van der Waals surface area contributed by atoms with Gasteiger partial charge in [0, 0.05) is 6.42 Å². The molecule has 0 aromatic heterocycles. The summed E-state index contributed by atoms with van der Waals surface area (Å²) >= 11 is 0. The van der Waals surface area contributed by atoms with E-state index in [4.69, 9.17) is 9.47 Å². The van der Waals surface area contributed by atoms with Gasteiger partial charge in [0.05, 0.1) is 24.6 Å². The maximum Gasteiger partial charge on any atom is 0.131 e. The van der Waals surface area contributed by atoms with Crippen LogP contribution in [0.1, 0.15) is 34.1 Å². The number of aliphatic hydroxyl groups is 1. The molecule has 0 bridgehead atoms. The number of ether oxygens (including phenoxy) is 2. The normalized spacial score (nSPS) is 19.1. The van der Waals surface area contributed by atoms with Gasteiger partial charge in [-0.25, -0.2) is 0 Å². The summed E-state index contributed by atoms with van der Waals surface area (Å²) in [5, 5.41) is 9.89. The average Bonchev–Trinajstić information content (AvgIpc) is 2.03. The lowest BCUT2D eigenvalue weighted by molar-refractivity contribution is -0.127. The summed E-state index contributed by atoms with van der Waals surface area (Å²) in [5.41, 5.74) is -1.43. The molecule has 82 valence electrons. The molecule has 0 amide bonds. The first-order chi connectivity index (χ1) is 6.33. The molecule has 1 aliphatic heterocycles. The Kier molecular flexibility index (Phi) is 3.22. The molecule has 0 unspecified atom stereocenters. The van der Waals surface area contributed by atoms with Crippen LogP contribution in [0.15, 0.2) is 11.8 Å². The summed E-state index contributed by atoms with van der Waals surface area (Å²) in [6.07, 6.45) is 2.72. The van der Waals surface area contributed by atoms with E-state index in [1.165, 1.54) is 0 Å². The largest absolute Gasteiger partial charge is 0.489 e. The van der Waals surface area contributed by atoms with E-state index in [1.807, 2.05) is 19.9 Å². The van der Waals surface area contributed by atoms with Gasteiger partial charge in [0.1, 0.15) is 5.60 Å². The summed E-state index contributed by atoms with van der Waals surface area (Å²) in [5.74, 6) is 0.920. The third kappa shape index (κ3) is 2.72. The van der Waals surface area contributed by atoms with Crippen LogP contribution in [-0.4, -0.2) is 29.5 Å². The SMILES string of the molecule is CC(C)(O)C(C)(C)OC1=CCOCC1. The van der Waals surface area contributed by atoms with Crippen molar-refractivity contribution in [3.8, 4) is 0 Å². The second-order valence-corrected chi connectivity index (χ2v) is 4.67. The van der Waals surface area contributed by atoms with Crippen molar-refractivity contribution >= 4 is 0 Å². The standard InChI is InChI=1S/C11H20O3/c1-10(2,12)11(3,4)14-9-5-7-13-8-6-9/h5,12H,6-8H2,1-4H3. The fourth-order valence-electron chi connectivity index (χ4n) is 1.06. The zero-order valence-corrected chi connectivity index (χ0v) is 9.46. The Morgan fingerprint density at radius 3 is 2.43 bits per heavy atom. The Morgan fingerprint density at radius 2 is 2.00 bits per heavy atom. The van der Waals surface area contributed by atoms with Gasteiger partial charge in [0.15, 0.2) is 0 Å². The molecule has 0 radical (unpaired) electrons. The minimum absolute atomic E-state index is 0.573. The monoisotopic (exact) mass is 200 g/mol. The van der Waals surface area contributed by atoms with Crippen molar-refractivity contribution < 1.29 is 14.6 Å². The van der Waals surface area contributed by atoms with E-state index in [0.717, 1.165) is 12.2 Å². The van der Waals surface area contributed by atoms with Crippen LogP contribution in [0.3, 0.4) is 0 Å². The average molecular weight is 200 g/mol. The van der Waals surface area contributed by atoms with E-state index < -0.39 is 11.2 Å². The Bertz CT molecular complexity index is 223. The maximum atomic E-state index is 9.89. The lowest BCUT2D eigenvalue weighted by Crippen LogP contribution is -2.47. The third-order valence-electron chi connectivity index (χ3n) is 2.78. The van der Waals surface area contributed by atoms with Crippen molar-refractivity contribution in [2.24, 2.45) is 0 Å². The van der Waals surface area contributed by atoms with E-state index in [9.17, 15) is 5.11 Å². The Morgan fingerprint density at radius 1 is 1.36 bits per heavy atom. The van der Waals surface area contributed by atoms with Gasteiger partial charge in [0.25, 0.3) is 0 Å². The van der Waals surface area contributed by atoms with Crippen LogP contribution >= 0.6 is 0 Å². The maximum absolute atomic E-state index is 9.89. The zero-order valence-electron chi connectivity index (χ0n) is 9.46. The molecule has 14 heavy (non-hydrogen) atoms. The first kappa shape index (κ1) is 11.5.